The number of ether oxygens (including phenoxy) is 1. The van der Waals surface area contributed by atoms with E-state index in [-0.39, 0.29) is 30.0 Å². The zero-order chi connectivity index (χ0) is 34.6. The zero-order valence-corrected chi connectivity index (χ0v) is 25.4. The Labute approximate surface area is 265 Å². The summed E-state index contributed by atoms with van der Waals surface area (Å²) in [4.78, 5) is 42.6. The molecule has 0 unspecified atom stereocenters. The van der Waals surface area contributed by atoms with Crippen molar-refractivity contribution in [3.05, 3.63) is 83.7 Å². The molecule has 3 aromatic rings. The van der Waals surface area contributed by atoms with Crippen molar-refractivity contribution < 1.29 is 49.5 Å². The molecule has 1 aromatic heterocycles. The summed E-state index contributed by atoms with van der Waals surface area (Å²) in [5.74, 6) is -5.39. The lowest BCUT2D eigenvalue weighted by atomic mass is 10.0. The van der Waals surface area contributed by atoms with E-state index in [1.807, 2.05) is 0 Å². The highest BCUT2D eigenvalue weighted by Gasteiger charge is 2.41. The molecule has 4 amide bonds. The molecule has 0 aliphatic carbocycles. The van der Waals surface area contributed by atoms with Crippen LogP contribution in [0.25, 0.3) is 0 Å². The van der Waals surface area contributed by atoms with E-state index in [4.69, 9.17) is 5.73 Å². The summed E-state index contributed by atoms with van der Waals surface area (Å²) in [5, 5.41) is 5.09. The monoisotopic (exact) mass is 684 g/mol. The summed E-state index contributed by atoms with van der Waals surface area (Å²) in [7, 11) is -4.51. The van der Waals surface area contributed by atoms with Crippen LogP contribution in [-0.2, 0) is 27.3 Å². The van der Waals surface area contributed by atoms with Gasteiger partial charge in [-0.15, -0.1) is 13.2 Å². The SMILES string of the molecule is CCC(F)(F)c1ccc(CNC(=O)[C@H]2CN(C(=O)Nc3ccnc(C(N)=O)c3)CCN2S(=O)(=O)c2ccc(OC(F)(F)F)cc2)cc1. The number of piperazine rings is 1. The van der Waals surface area contributed by atoms with E-state index in [1.165, 1.54) is 49.5 Å². The quantitative estimate of drug-likeness (QED) is 0.274. The minimum absolute atomic E-state index is 0.130. The molecule has 1 atom stereocenters. The van der Waals surface area contributed by atoms with Gasteiger partial charge < -0.3 is 26.0 Å². The number of benzene rings is 2. The average Bonchev–Trinajstić information content (AvgIpc) is 3.03. The van der Waals surface area contributed by atoms with Crippen molar-refractivity contribution >= 4 is 33.6 Å². The molecule has 0 radical (unpaired) electrons. The molecule has 0 spiro atoms. The molecule has 12 nitrogen and oxygen atoms in total. The van der Waals surface area contributed by atoms with E-state index in [9.17, 15) is 44.8 Å². The Morgan fingerprint density at radius 3 is 2.26 bits per heavy atom. The number of urea groups is 1. The number of halogens is 5. The van der Waals surface area contributed by atoms with E-state index >= 15 is 0 Å². The third-order valence-electron chi connectivity index (χ3n) is 7.14. The second-order valence-electron chi connectivity index (χ2n) is 10.3. The van der Waals surface area contributed by atoms with Crippen LogP contribution in [0.5, 0.6) is 5.75 Å². The number of nitrogens with two attached hydrogens (primary N) is 1. The van der Waals surface area contributed by atoms with Crippen molar-refractivity contribution in [2.24, 2.45) is 5.73 Å². The first-order valence-electron chi connectivity index (χ1n) is 13.9. The molecule has 4 N–H and O–H groups in total. The molecular formula is C29H29F5N6O6S. The van der Waals surface area contributed by atoms with Crippen molar-refractivity contribution in [2.75, 3.05) is 25.0 Å². The minimum Gasteiger partial charge on any atom is -0.406 e. The van der Waals surface area contributed by atoms with E-state index in [0.717, 1.165) is 33.5 Å². The van der Waals surface area contributed by atoms with Gasteiger partial charge in [-0.3, -0.25) is 14.6 Å². The van der Waals surface area contributed by atoms with Crippen LogP contribution in [0.3, 0.4) is 0 Å². The number of hydrogen-bond acceptors (Lipinski definition) is 7. The topological polar surface area (TPSA) is 164 Å². The first kappa shape index (κ1) is 35.0. The molecule has 2 heterocycles. The van der Waals surface area contributed by atoms with Gasteiger partial charge in [0.15, 0.2) is 0 Å². The van der Waals surface area contributed by atoms with E-state index in [1.54, 1.807) is 0 Å². The summed E-state index contributed by atoms with van der Waals surface area (Å²) >= 11 is 0. The highest BCUT2D eigenvalue weighted by atomic mass is 32.2. The van der Waals surface area contributed by atoms with Gasteiger partial charge in [0.05, 0.1) is 4.90 Å². The number of pyridine rings is 1. The summed E-state index contributed by atoms with van der Waals surface area (Å²) in [6.07, 6.45) is -4.18. The fourth-order valence-corrected chi connectivity index (χ4v) is 6.19. The number of alkyl halides is 5. The van der Waals surface area contributed by atoms with Gasteiger partial charge in [-0.05, 0) is 42.0 Å². The predicted octanol–water partition coefficient (Wildman–Crippen LogP) is 3.80. The Balaban J connectivity index is 1.56. The lowest BCUT2D eigenvalue weighted by Crippen LogP contribution is -2.61. The summed E-state index contributed by atoms with van der Waals surface area (Å²) in [5.41, 5.74) is 5.45. The summed E-state index contributed by atoms with van der Waals surface area (Å²) in [6, 6.07) is 8.90. The van der Waals surface area contributed by atoms with Gasteiger partial charge in [0, 0.05) is 50.0 Å². The fraction of sp³-hybridized carbons (Fsp3) is 0.310. The maximum atomic E-state index is 14.0. The van der Waals surface area contributed by atoms with E-state index < -0.39 is 76.4 Å². The average molecular weight is 685 g/mol. The molecule has 1 fully saturated rings. The number of aromatic nitrogens is 1. The molecule has 47 heavy (non-hydrogen) atoms. The molecule has 0 bridgehead atoms. The first-order valence-corrected chi connectivity index (χ1v) is 15.4. The Kier molecular flexibility index (Phi) is 10.3. The van der Waals surface area contributed by atoms with E-state index in [0.29, 0.717) is 5.56 Å². The van der Waals surface area contributed by atoms with E-state index in [2.05, 4.69) is 20.4 Å². The van der Waals surface area contributed by atoms with Crippen molar-refractivity contribution in [2.45, 2.75) is 43.1 Å². The molecule has 2 aromatic carbocycles. The number of carbonyl (C=O) groups is 3. The van der Waals surface area contributed by atoms with Crippen LogP contribution in [0.1, 0.15) is 35.0 Å². The maximum Gasteiger partial charge on any atom is 0.573 e. The van der Waals surface area contributed by atoms with Crippen LogP contribution in [0.4, 0.5) is 32.4 Å². The summed E-state index contributed by atoms with van der Waals surface area (Å²) < 4.78 is 97.7. The van der Waals surface area contributed by atoms with Crippen molar-refractivity contribution in [3.8, 4) is 5.75 Å². The summed E-state index contributed by atoms with van der Waals surface area (Å²) in [6.45, 7) is 0.108. The molecule has 1 saturated heterocycles. The second kappa shape index (κ2) is 13.9. The van der Waals surface area contributed by atoms with Crippen LogP contribution < -0.4 is 21.1 Å². The number of amides is 4. The van der Waals surface area contributed by atoms with Crippen LogP contribution >= 0.6 is 0 Å². The van der Waals surface area contributed by atoms with Gasteiger partial charge in [0.2, 0.25) is 15.9 Å². The highest BCUT2D eigenvalue weighted by Crippen LogP contribution is 2.31. The first-order chi connectivity index (χ1) is 22.0. The number of nitrogens with zero attached hydrogens (tertiary/aromatic N) is 3. The Morgan fingerprint density at radius 2 is 1.66 bits per heavy atom. The van der Waals surface area contributed by atoms with Crippen molar-refractivity contribution in [1.82, 2.24) is 19.5 Å². The number of sulfonamides is 1. The molecular weight excluding hydrogens is 655 g/mol. The van der Waals surface area contributed by atoms with Gasteiger partial charge in [-0.2, -0.15) is 4.31 Å². The number of primary amides is 1. The molecule has 18 heteroatoms. The van der Waals surface area contributed by atoms with Crippen LogP contribution in [0, 0.1) is 0 Å². The van der Waals surface area contributed by atoms with Crippen molar-refractivity contribution in [3.63, 3.8) is 0 Å². The van der Waals surface area contributed by atoms with Crippen LogP contribution in [0.15, 0.2) is 71.8 Å². The third kappa shape index (κ3) is 8.70. The van der Waals surface area contributed by atoms with Gasteiger partial charge >= 0.3 is 12.4 Å². The number of rotatable bonds is 10. The third-order valence-corrected chi connectivity index (χ3v) is 9.06. The zero-order valence-electron chi connectivity index (χ0n) is 24.6. The Morgan fingerprint density at radius 1 is 1.00 bits per heavy atom. The van der Waals surface area contributed by atoms with Gasteiger partial charge in [-0.1, -0.05) is 31.2 Å². The van der Waals surface area contributed by atoms with Crippen LogP contribution in [0.2, 0.25) is 0 Å². The second-order valence-corrected chi connectivity index (χ2v) is 12.2. The number of carbonyl (C=O) groups excluding carboxylic acids is 3. The fourth-order valence-electron chi connectivity index (χ4n) is 4.62. The minimum atomic E-state index is -5.00. The van der Waals surface area contributed by atoms with Gasteiger partial charge in [0.1, 0.15) is 17.5 Å². The molecule has 1 aliphatic rings. The normalized spacial score (nSPS) is 16.0. The largest absolute Gasteiger partial charge is 0.573 e. The number of hydrogen-bond donors (Lipinski definition) is 3. The lowest BCUT2D eigenvalue weighted by molar-refractivity contribution is -0.274. The molecule has 0 saturated carbocycles. The molecule has 4 rings (SSSR count). The molecule has 1 aliphatic heterocycles. The standard InChI is InChI=1S/C29H29F5N6O6S/c1-2-28(30,31)19-5-3-18(4-6-19)16-37-26(42)24-17-39(27(43)38-20-11-12-36-23(15-20)25(35)41)13-14-40(24)47(44,45)22-9-7-21(8-10-22)46-29(32,33)34/h3-12,15,24H,2,13-14,16-17H2,1H3,(H2,35,41)(H,37,42)(H,36,38,43)/t24-/m1/s1. The Hall–Kier alpha value is -4.84. The van der Waals surface area contributed by atoms with Crippen LogP contribution in [-0.4, -0.2) is 72.5 Å². The maximum absolute atomic E-state index is 14.0. The van der Waals surface area contributed by atoms with Gasteiger partial charge in [-0.25, -0.2) is 22.0 Å². The van der Waals surface area contributed by atoms with Gasteiger partial charge in [0.25, 0.3) is 11.8 Å². The number of anilines is 1. The van der Waals surface area contributed by atoms with Crippen molar-refractivity contribution in [1.29, 1.82) is 0 Å². The predicted molar refractivity (Wildman–Crippen MR) is 157 cm³/mol. The highest BCUT2D eigenvalue weighted by molar-refractivity contribution is 7.89. The Bertz CT molecular complexity index is 1720. The lowest BCUT2D eigenvalue weighted by Gasteiger charge is -2.39. The molecule has 252 valence electrons. The smallest absolute Gasteiger partial charge is 0.406 e. The number of nitrogens with one attached hydrogen (secondary N) is 2.